The summed E-state index contributed by atoms with van der Waals surface area (Å²) in [7, 11) is 0. The molecule has 2 N–H and O–H groups in total. The second-order valence-corrected chi connectivity index (χ2v) is 3.68. The highest BCUT2D eigenvalue weighted by molar-refractivity contribution is 6.30. The summed E-state index contributed by atoms with van der Waals surface area (Å²) in [5.74, 6) is -1.57. The van der Waals surface area contributed by atoms with Gasteiger partial charge in [0.2, 0.25) is 0 Å². The summed E-state index contributed by atoms with van der Waals surface area (Å²) in [5, 5.41) is 9.14. The van der Waals surface area contributed by atoms with Crippen molar-refractivity contribution in [2.75, 3.05) is 0 Å². The van der Waals surface area contributed by atoms with Gasteiger partial charge >= 0.3 is 5.97 Å². The molecule has 0 atom stereocenters. The molecule has 1 heterocycles. The zero-order valence-corrected chi connectivity index (χ0v) is 8.75. The minimum Gasteiger partial charge on any atom is -0.478 e. The molecule has 5 heteroatoms. The van der Waals surface area contributed by atoms with Crippen molar-refractivity contribution in [1.82, 2.24) is 4.98 Å². The first-order chi connectivity index (χ1) is 7.58. The van der Waals surface area contributed by atoms with Gasteiger partial charge in [0.25, 0.3) is 0 Å². The number of aromatic nitrogens is 1. The van der Waals surface area contributed by atoms with Crippen LogP contribution < -0.4 is 0 Å². The second kappa shape index (κ2) is 3.98. The van der Waals surface area contributed by atoms with Crippen molar-refractivity contribution in [1.29, 1.82) is 0 Å². The average Bonchev–Trinajstić information content (AvgIpc) is 2.63. The summed E-state index contributed by atoms with van der Waals surface area (Å²) < 4.78 is 13.1. The van der Waals surface area contributed by atoms with Gasteiger partial charge in [0.05, 0.1) is 5.56 Å². The Morgan fingerprint density at radius 3 is 2.69 bits per heavy atom. The summed E-state index contributed by atoms with van der Waals surface area (Å²) in [5.41, 5.74) is 0.930. The van der Waals surface area contributed by atoms with Crippen molar-refractivity contribution in [3.05, 3.63) is 47.0 Å². The van der Waals surface area contributed by atoms with E-state index in [4.69, 9.17) is 16.7 Å². The van der Waals surface area contributed by atoms with Gasteiger partial charge in [-0.3, -0.25) is 0 Å². The highest BCUT2D eigenvalue weighted by atomic mass is 35.5. The fraction of sp³-hybridized carbons (Fsp3) is 0. The number of hydrogen-bond donors (Lipinski definition) is 2. The number of benzene rings is 1. The predicted molar refractivity (Wildman–Crippen MR) is 58.2 cm³/mol. The maximum absolute atomic E-state index is 13.1. The number of carbonyl (C=O) groups is 1. The molecule has 1 aromatic carbocycles. The Morgan fingerprint density at radius 2 is 2.06 bits per heavy atom. The van der Waals surface area contributed by atoms with Crippen LogP contribution in [0.15, 0.2) is 30.6 Å². The van der Waals surface area contributed by atoms with Crippen LogP contribution in [0.1, 0.15) is 10.4 Å². The molecule has 1 aromatic heterocycles. The van der Waals surface area contributed by atoms with Gasteiger partial charge in [-0.05, 0) is 23.8 Å². The van der Waals surface area contributed by atoms with Crippen LogP contribution in [0, 0.1) is 5.82 Å². The minimum atomic E-state index is -1.07. The molecule has 82 valence electrons. The largest absolute Gasteiger partial charge is 0.478 e. The van der Waals surface area contributed by atoms with Crippen molar-refractivity contribution in [3.8, 4) is 11.1 Å². The monoisotopic (exact) mass is 239 g/mol. The van der Waals surface area contributed by atoms with E-state index < -0.39 is 11.8 Å². The molecular formula is C11H7ClFNO2. The van der Waals surface area contributed by atoms with Gasteiger partial charge in [-0.2, -0.15) is 0 Å². The van der Waals surface area contributed by atoms with E-state index in [-0.39, 0.29) is 10.6 Å². The van der Waals surface area contributed by atoms with Gasteiger partial charge < -0.3 is 10.1 Å². The number of carboxylic acid groups (broad SMARTS) is 1. The number of rotatable bonds is 2. The number of halogens is 2. The summed E-state index contributed by atoms with van der Waals surface area (Å²) in [4.78, 5) is 13.6. The Labute approximate surface area is 95.5 Å². The zero-order chi connectivity index (χ0) is 11.7. The summed E-state index contributed by atoms with van der Waals surface area (Å²) in [6.07, 6.45) is 2.84. The van der Waals surface area contributed by atoms with Crippen molar-refractivity contribution in [2.24, 2.45) is 0 Å². The molecule has 16 heavy (non-hydrogen) atoms. The van der Waals surface area contributed by atoms with Gasteiger partial charge in [0, 0.05) is 23.0 Å². The molecule has 0 spiro atoms. The second-order valence-electron chi connectivity index (χ2n) is 3.25. The summed E-state index contributed by atoms with van der Waals surface area (Å²) >= 11 is 5.70. The molecule has 0 amide bonds. The lowest BCUT2D eigenvalue weighted by Gasteiger charge is -2.01. The number of nitrogens with one attached hydrogen (secondary N) is 1. The standard InChI is InChI=1S/C11H7ClFNO2/c12-7-1-6(2-8(13)3-7)9-4-14-5-10(9)11(15)16/h1-5,14H,(H,15,16). The van der Waals surface area contributed by atoms with Crippen LogP contribution in [0.5, 0.6) is 0 Å². The summed E-state index contributed by atoms with van der Waals surface area (Å²) in [6, 6.07) is 3.92. The predicted octanol–water partition coefficient (Wildman–Crippen LogP) is 3.17. The van der Waals surface area contributed by atoms with Gasteiger partial charge in [0.1, 0.15) is 5.82 Å². The first-order valence-electron chi connectivity index (χ1n) is 4.44. The molecule has 0 aliphatic rings. The van der Waals surface area contributed by atoms with Crippen LogP contribution in [0.3, 0.4) is 0 Å². The minimum absolute atomic E-state index is 0.0849. The van der Waals surface area contributed by atoms with Gasteiger partial charge in [-0.25, -0.2) is 9.18 Å². The van der Waals surface area contributed by atoms with Crippen LogP contribution in [0.4, 0.5) is 4.39 Å². The van der Waals surface area contributed by atoms with E-state index in [0.29, 0.717) is 11.1 Å². The molecule has 0 bridgehead atoms. The number of carboxylic acids is 1. The molecule has 0 aliphatic carbocycles. The maximum Gasteiger partial charge on any atom is 0.337 e. The molecular weight excluding hydrogens is 233 g/mol. The molecule has 0 saturated heterocycles. The topological polar surface area (TPSA) is 53.1 Å². The van der Waals surface area contributed by atoms with Gasteiger partial charge in [0.15, 0.2) is 0 Å². The van der Waals surface area contributed by atoms with Crippen LogP contribution in [0.25, 0.3) is 11.1 Å². The van der Waals surface area contributed by atoms with E-state index in [1.165, 1.54) is 24.5 Å². The molecule has 3 nitrogen and oxygen atoms in total. The Hall–Kier alpha value is -1.81. The third-order valence-electron chi connectivity index (χ3n) is 2.15. The van der Waals surface area contributed by atoms with Crippen molar-refractivity contribution in [2.45, 2.75) is 0 Å². The van der Waals surface area contributed by atoms with Crippen LogP contribution in [-0.4, -0.2) is 16.1 Å². The van der Waals surface area contributed by atoms with Gasteiger partial charge in [-0.1, -0.05) is 11.6 Å². The lowest BCUT2D eigenvalue weighted by Crippen LogP contribution is -1.96. The number of H-pyrrole nitrogens is 1. The van der Waals surface area contributed by atoms with E-state index in [1.54, 1.807) is 0 Å². The highest BCUT2D eigenvalue weighted by Gasteiger charge is 2.13. The first kappa shape index (κ1) is 10.7. The van der Waals surface area contributed by atoms with E-state index in [0.717, 1.165) is 6.07 Å². The number of aromatic amines is 1. The summed E-state index contributed by atoms with van der Waals surface area (Å²) in [6.45, 7) is 0. The van der Waals surface area contributed by atoms with Crippen molar-refractivity contribution in [3.63, 3.8) is 0 Å². The number of hydrogen-bond acceptors (Lipinski definition) is 1. The lowest BCUT2D eigenvalue weighted by molar-refractivity contribution is 0.0698. The third-order valence-corrected chi connectivity index (χ3v) is 2.37. The van der Waals surface area contributed by atoms with E-state index in [2.05, 4.69) is 4.98 Å². The van der Waals surface area contributed by atoms with E-state index >= 15 is 0 Å². The fourth-order valence-electron chi connectivity index (χ4n) is 1.49. The smallest absolute Gasteiger partial charge is 0.337 e. The Balaban J connectivity index is 2.58. The van der Waals surface area contributed by atoms with Crippen LogP contribution in [0.2, 0.25) is 5.02 Å². The first-order valence-corrected chi connectivity index (χ1v) is 4.82. The zero-order valence-electron chi connectivity index (χ0n) is 8.00. The third kappa shape index (κ3) is 1.92. The van der Waals surface area contributed by atoms with Crippen molar-refractivity contribution < 1.29 is 14.3 Å². The van der Waals surface area contributed by atoms with E-state index in [1.807, 2.05) is 0 Å². The van der Waals surface area contributed by atoms with Crippen molar-refractivity contribution >= 4 is 17.6 Å². The highest BCUT2D eigenvalue weighted by Crippen LogP contribution is 2.27. The molecule has 0 saturated carbocycles. The molecule has 0 radical (unpaired) electrons. The molecule has 2 aromatic rings. The number of aromatic carboxylic acids is 1. The SMILES string of the molecule is O=C(O)c1c[nH]cc1-c1cc(F)cc(Cl)c1. The average molecular weight is 240 g/mol. The Bertz CT molecular complexity index is 530. The quantitative estimate of drug-likeness (QED) is 0.846. The Morgan fingerprint density at radius 1 is 1.31 bits per heavy atom. The van der Waals surface area contributed by atoms with Crippen LogP contribution in [-0.2, 0) is 0 Å². The molecule has 0 fully saturated rings. The van der Waals surface area contributed by atoms with Crippen LogP contribution >= 0.6 is 11.6 Å². The normalized spacial score (nSPS) is 10.4. The lowest BCUT2D eigenvalue weighted by atomic mass is 10.0. The molecule has 0 aliphatic heterocycles. The molecule has 0 unspecified atom stereocenters. The fourth-order valence-corrected chi connectivity index (χ4v) is 1.71. The maximum atomic E-state index is 13.1. The van der Waals surface area contributed by atoms with E-state index in [9.17, 15) is 9.18 Å². The molecule has 2 rings (SSSR count). The Kier molecular flexibility index (Phi) is 2.66. The van der Waals surface area contributed by atoms with Gasteiger partial charge in [-0.15, -0.1) is 0 Å².